The molecule has 1 aromatic carbocycles. The number of halogens is 1. The second-order valence-corrected chi connectivity index (χ2v) is 7.00. The van der Waals surface area contributed by atoms with Crippen LogP contribution in [0.5, 0.6) is 0 Å². The van der Waals surface area contributed by atoms with E-state index in [9.17, 15) is 0 Å². The SMILES string of the molecule is CC(C)(C)C(Br)CCc1cncc2ccccc12. The van der Waals surface area contributed by atoms with E-state index in [1.54, 1.807) is 0 Å². The summed E-state index contributed by atoms with van der Waals surface area (Å²) in [5.74, 6) is 0. The van der Waals surface area contributed by atoms with Crippen molar-refractivity contribution in [3.8, 4) is 0 Å². The third-order valence-corrected chi connectivity index (χ3v) is 5.19. The van der Waals surface area contributed by atoms with Crippen molar-refractivity contribution in [1.29, 1.82) is 0 Å². The van der Waals surface area contributed by atoms with Gasteiger partial charge in [-0.1, -0.05) is 61.0 Å². The minimum Gasteiger partial charge on any atom is -0.264 e. The van der Waals surface area contributed by atoms with E-state index in [1.807, 2.05) is 12.4 Å². The monoisotopic (exact) mass is 305 g/mol. The topological polar surface area (TPSA) is 12.9 Å². The van der Waals surface area contributed by atoms with Crippen molar-refractivity contribution in [2.75, 3.05) is 0 Å². The fraction of sp³-hybridized carbons (Fsp3) is 0.438. The Morgan fingerprint density at radius 2 is 1.89 bits per heavy atom. The number of fused-ring (bicyclic) bond motifs is 1. The molecule has 96 valence electrons. The van der Waals surface area contributed by atoms with Crippen molar-refractivity contribution < 1.29 is 0 Å². The van der Waals surface area contributed by atoms with Gasteiger partial charge in [-0.05, 0) is 29.2 Å². The van der Waals surface area contributed by atoms with Crippen LogP contribution in [-0.4, -0.2) is 9.81 Å². The number of nitrogens with zero attached hydrogens (tertiary/aromatic N) is 1. The van der Waals surface area contributed by atoms with Crippen molar-refractivity contribution in [1.82, 2.24) is 4.98 Å². The second kappa shape index (κ2) is 5.40. The molecule has 0 bridgehead atoms. The number of aryl methyl sites for hydroxylation is 1. The summed E-state index contributed by atoms with van der Waals surface area (Å²) in [5.41, 5.74) is 1.65. The lowest BCUT2D eigenvalue weighted by Gasteiger charge is -2.25. The van der Waals surface area contributed by atoms with Crippen LogP contribution >= 0.6 is 15.9 Å². The molecule has 0 aliphatic heterocycles. The molecule has 2 aromatic rings. The molecule has 0 saturated carbocycles. The van der Waals surface area contributed by atoms with Gasteiger partial charge in [0.05, 0.1) is 0 Å². The van der Waals surface area contributed by atoms with Gasteiger partial charge < -0.3 is 0 Å². The Balaban J connectivity index is 2.18. The average molecular weight is 306 g/mol. The molecule has 0 saturated heterocycles. The number of aromatic nitrogens is 1. The molecular formula is C16H20BrN. The van der Waals surface area contributed by atoms with E-state index in [0.717, 1.165) is 12.8 Å². The summed E-state index contributed by atoms with van der Waals surface area (Å²) in [7, 11) is 0. The molecule has 0 radical (unpaired) electrons. The minimum atomic E-state index is 0.304. The molecule has 1 aromatic heterocycles. The number of hydrogen-bond acceptors (Lipinski definition) is 1. The Kier molecular flexibility index (Phi) is 4.06. The van der Waals surface area contributed by atoms with E-state index >= 15 is 0 Å². The first-order valence-electron chi connectivity index (χ1n) is 6.44. The number of rotatable bonds is 3. The maximum atomic E-state index is 4.34. The van der Waals surface area contributed by atoms with Gasteiger partial charge in [-0.15, -0.1) is 0 Å². The van der Waals surface area contributed by atoms with Gasteiger partial charge in [0.2, 0.25) is 0 Å². The zero-order valence-electron chi connectivity index (χ0n) is 11.3. The maximum absolute atomic E-state index is 4.34. The van der Waals surface area contributed by atoms with Crippen LogP contribution in [0, 0.1) is 5.41 Å². The Morgan fingerprint density at radius 1 is 1.17 bits per heavy atom. The van der Waals surface area contributed by atoms with Crippen molar-refractivity contribution in [2.24, 2.45) is 5.41 Å². The summed E-state index contributed by atoms with van der Waals surface area (Å²) in [6.45, 7) is 6.81. The zero-order chi connectivity index (χ0) is 13.2. The van der Waals surface area contributed by atoms with Crippen molar-refractivity contribution >= 4 is 26.7 Å². The molecule has 1 heterocycles. The van der Waals surface area contributed by atoms with Gasteiger partial charge in [0.25, 0.3) is 0 Å². The fourth-order valence-corrected chi connectivity index (χ4v) is 2.32. The first kappa shape index (κ1) is 13.5. The van der Waals surface area contributed by atoms with Crippen LogP contribution in [0.4, 0.5) is 0 Å². The second-order valence-electron chi connectivity index (χ2n) is 5.89. The number of alkyl halides is 1. The minimum absolute atomic E-state index is 0.304. The third-order valence-electron chi connectivity index (χ3n) is 3.36. The molecule has 0 N–H and O–H groups in total. The predicted molar refractivity (Wildman–Crippen MR) is 82.2 cm³/mol. The standard InChI is InChI=1S/C16H20BrN/c1-16(2,3)15(17)9-8-13-11-18-10-12-6-4-5-7-14(12)13/h4-7,10-11,15H,8-9H2,1-3H3. The van der Waals surface area contributed by atoms with Crippen molar-refractivity contribution in [3.05, 3.63) is 42.2 Å². The summed E-state index contributed by atoms with van der Waals surface area (Å²) in [5, 5.41) is 2.57. The molecule has 2 heteroatoms. The fourth-order valence-electron chi connectivity index (χ4n) is 2.09. The van der Waals surface area contributed by atoms with Crippen LogP contribution < -0.4 is 0 Å². The van der Waals surface area contributed by atoms with Crippen LogP contribution in [0.25, 0.3) is 10.8 Å². The van der Waals surface area contributed by atoms with Gasteiger partial charge in [-0.25, -0.2) is 0 Å². The highest BCUT2D eigenvalue weighted by Crippen LogP contribution is 2.30. The lowest BCUT2D eigenvalue weighted by Crippen LogP contribution is -2.20. The van der Waals surface area contributed by atoms with Gasteiger partial charge in [-0.2, -0.15) is 0 Å². The van der Waals surface area contributed by atoms with Gasteiger partial charge in [-0.3, -0.25) is 4.98 Å². The molecule has 0 fully saturated rings. The lowest BCUT2D eigenvalue weighted by atomic mass is 9.88. The molecule has 0 aliphatic carbocycles. The number of pyridine rings is 1. The van der Waals surface area contributed by atoms with Gasteiger partial charge >= 0.3 is 0 Å². The summed E-state index contributed by atoms with van der Waals surface area (Å²) >= 11 is 3.80. The molecule has 0 spiro atoms. The predicted octanol–water partition coefficient (Wildman–Crippen LogP) is 4.98. The molecule has 0 aliphatic rings. The van der Waals surface area contributed by atoms with Crippen LogP contribution in [0.3, 0.4) is 0 Å². The van der Waals surface area contributed by atoms with Crippen LogP contribution in [0.15, 0.2) is 36.7 Å². The first-order chi connectivity index (χ1) is 8.48. The van der Waals surface area contributed by atoms with E-state index in [-0.39, 0.29) is 0 Å². The highest BCUT2D eigenvalue weighted by Gasteiger charge is 2.21. The van der Waals surface area contributed by atoms with E-state index in [1.165, 1.54) is 16.3 Å². The molecule has 1 unspecified atom stereocenters. The highest BCUT2D eigenvalue weighted by atomic mass is 79.9. The third kappa shape index (κ3) is 3.11. The zero-order valence-corrected chi connectivity index (χ0v) is 12.9. The lowest BCUT2D eigenvalue weighted by molar-refractivity contribution is 0.386. The molecular weight excluding hydrogens is 286 g/mol. The van der Waals surface area contributed by atoms with E-state index in [2.05, 4.69) is 66.0 Å². The van der Waals surface area contributed by atoms with E-state index < -0.39 is 0 Å². The highest BCUT2D eigenvalue weighted by molar-refractivity contribution is 9.09. The first-order valence-corrected chi connectivity index (χ1v) is 7.36. The van der Waals surface area contributed by atoms with Crippen LogP contribution in [0.1, 0.15) is 32.8 Å². The largest absolute Gasteiger partial charge is 0.264 e. The van der Waals surface area contributed by atoms with E-state index in [0.29, 0.717) is 10.2 Å². The summed E-state index contributed by atoms with van der Waals surface area (Å²) in [4.78, 5) is 4.87. The molecule has 1 atom stereocenters. The van der Waals surface area contributed by atoms with Crippen molar-refractivity contribution in [2.45, 2.75) is 38.4 Å². The molecule has 2 rings (SSSR count). The Morgan fingerprint density at radius 3 is 2.61 bits per heavy atom. The van der Waals surface area contributed by atoms with Crippen molar-refractivity contribution in [3.63, 3.8) is 0 Å². The molecule has 0 amide bonds. The van der Waals surface area contributed by atoms with E-state index in [4.69, 9.17) is 0 Å². The smallest absolute Gasteiger partial charge is 0.0346 e. The normalized spacial score (nSPS) is 13.8. The van der Waals surface area contributed by atoms with Gasteiger partial charge in [0.1, 0.15) is 0 Å². The van der Waals surface area contributed by atoms with Crippen LogP contribution in [-0.2, 0) is 6.42 Å². The quantitative estimate of drug-likeness (QED) is 0.729. The van der Waals surface area contributed by atoms with Gasteiger partial charge in [0, 0.05) is 22.6 Å². The Bertz CT molecular complexity index is 523. The molecule has 18 heavy (non-hydrogen) atoms. The van der Waals surface area contributed by atoms with Crippen LogP contribution in [0.2, 0.25) is 0 Å². The summed E-state index contributed by atoms with van der Waals surface area (Å²) < 4.78 is 0. The maximum Gasteiger partial charge on any atom is 0.0346 e. The average Bonchev–Trinajstić information content (AvgIpc) is 2.34. The number of benzene rings is 1. The number of hydrogen-bond donors (Lipinski definition) is 0. The van der Waals surface area contributed by atoms with Gasteiger partial charge in [0.15, 0.2) is 0 Å². The Labute approximate surface area is 118 Å². The molecule has 1 nitrogen and oxygen atoms in total. The summed E-state index contributed by atoms with van der Waals surface area (Å²) in [6.07, 6.45) is 6.15. The Hall–Kier alpha value is -0.890. The summed E-state index contributed by atoms with van der Waals surface area (Å²) in [6, 6.07) is 8.48.